The maximum Gasteiger partial charge on any atom is 0.166 e. The van der Waals surface area contributed by atoms with Gasteiger partial charge in [0.2, 0.25) is 0 Å². The van der Waals surface area contributed by atoms with Crippen LogP contribution in [0.5, 0.6) is 5.75 Å². The molecule has 0 bridgehead atoms. The molecule has 2 aromatic carbocycles. The lowest BCUT2D eigenvalue weighted by Gasteiger charge is -2.29. The number of unbranched alkanes of at least 4 members (excludes halogenated alkanes) is 2. The monoisotopic (exact) mass is 542 g/mol. The Balaban J connectivity index is 1.28. The molecule has 0 unspecified atom stereocenters. The summed E-state index contributed by atoms with van der Waals surface area (Å²) in [5.74, 6) is -0.716. The highest BCUT2D eigenvalue weighted by atomic mass is 19.2. The predicted octanol–water partition coefficient (Wildman–Crippen LogP) is 10.1. The fourth-order valence-corrected chi connectivity index (χ4v) is 6.06. The molecule has 0 N–H and O–H groups in total. The first-order chi connectivity index (χ1) is 19.0. The van der Waals surface area contributed by atoms with Gasteiger partial charge in [-0.05, 0) is 105 Å². The van der Waals surface area contributed by atoms with Crippen molar-refractivity contribution >= 4 is 6.08 Å². The minimum absolute atomic E-state index is 0.0561. The smallest absolute Gasteiger partial charge is 0.166 e. The van der Waals surface area contributed by atoms with E-state index in [1.54, 1.807) is 30.3 Å². The van der Waals surface area contributed by atoms with Crippen LogP contribution in [0.1, 0.15) is 119 Å². The molecule has 0 heterocycles. The minimum Gasteiger partial charge on any atom is -0.491 e. The quantitative estimate of drug-likeness (QED) is 0.248. The zero-order valence-corrected chi connectivity index (χ0v) is 23.7. The first-order valence-corrected chi connectivity index (χ1v) is 15.2. The Morgan fingerprint density at radius 2 is 1.46 bits per heavy atom. The number of hydrogen-bond acceptors (Lipinski definition) is 2. The van der Waals surface area contributed by atoms with Crippen LogP contribution in [0.4, 0.5) is 13.2 Å². The Morgan fingerprint density at radius 1 is 0.769 bits per heavy atom. The third-order valence-corrected chi connectivity index (χ3v) is 8.61. The van der Waals surface area contributed by atoms with Gasteiger partial charge in [-0.1, -0.05) is 57.0 Å². The molecular weight excluding hydrogens is 497 g/mol. The van der Waals surface area contributed by atoms with Crippen LogP contribution in [0.3, 0.4) is 0 Å². The largest absolute Gasteiger partial charge is 0.491 e. The molecule has 0 radical (unpaired) electrons. The summed E-state index contributed by atoms with van der Waals surface area (Å²) in [5.41, 5.74) is 1.84. The van der Waals surface area contributed by atoms with Crippen LogP contribution in [0.2, 0.25) is 0 Å². The normalized spacial score (nSPS) is 23.8. The molecule has 4 rings (SSSR count). The molecule has 2 aliphatic rings. The molecule has 2 aliphatic carbocycles. The number of ether oxygens (including phenoxy) is 2. The van der Waals surface area contributed by atoms with Gasteiger partial charge < -0.3 is 9.47 Å². The van der Waals surface area contributed by atoms with Gasteiger partial charge in [0.1, 0.15) is 0 Å². The van der Waals surface area contributed by atoms with Gasteiger partial charge in [0, 0.05) is 12.2 Å². The molecule has 214 valence electrons. The van der Waals surface area contributed by atoms with Crippen LogP contribution in [-0.4, -0.2) is 19.3 Å². The van der Waals surface area contributed by atoms with E-state index in [-0.39, 0.29) is 17.8 Å². The summed E-state index contributed by atoms with van der Waals surface area (Å²) >= 11 is 0. The Hall–Kier alpha value is -2.27. The Kier molecular flexibility index (Phi) is 11.4. The van der Waals surface area contributed by atoms with Crippen molar-refractivity contribution in [2.24, 2.45) is 5.92 Å². The zero-order chi connectivity index (χ0) is 27.6. The van der Waals surface area contributed by atoms with Crippen LogP contribution >= 0.6 is 0 Å². The van der Waals surface area contributed by atoms with Gasteiger partial charge in [-0.2, -0.15) is 0 Å². The molecular formula is C34H45F3O2. The Morgan fingerprint density at radius 3 is 2.15 bits per heavy atom. The summed E-state index contributed by atoms with van der Waals surface area (Å²) in [7, 11) is 0. The van der Waals surface area contributed by atoms with Crippen molar-refractivity contribution in [2.75, 3.05) is 13.2 Å². The number of halogens is 3. The van der Waals surface area contributed by atoms with Crippen molar-refractivity contribution in [3.05, 3.63) is 70.5 Å². The summed E-state index contributed by atoms with van der Waals surface area (Å²) in [6.07, 6.45) is 15.4. The lowest BCUT2D eigenvalue weighted by Crippen LogP contribution is -2.22. The molecule has 5 heteroatoms. The van der Waals surface area contributed by atoms with E-state index in [0.717, 1.165) is 89.2 Å². The first kappa shape index (κ1) is 29.7. The van der Waals surface area contributed by atoms with Crippen LogP contribution in [-0.2, 0) is 4.74 Å². The fraction of sp³-hybridized carbons (Fsp3) is 0.588. The van der Waals surface area contributed by atoms with Crippen LogP contribution in [0.15, 0.2) is 36.4 Å². The second-order valence-corrected chi connectivity index (χ2v) is 11.4. The number of hydrogen-bond donors (Lipinski definition) is 0. The molecule has 0 aliphatic heterocycles. The maximum atomic E-state index is 15.1. The second-order valence-electron chi connectivity index (χ2n) is 11.4. The number of allylic oxidation sites excluding steroid dienone is 1. The van der Waals surface area contributed by atoms with Gasteiger partial charge in [0.25, 0.3) is 0 Å². The van der Waals surface area contributed by atoms with Crippen molar-refractivity contribution in [3.8, 4) is 5.75 Å². The maximum absolute atomic E-state index is 15.1. The molecule has 2 aromatic rings. The van der Waals surface area contributed by atoms with E-state index in [0.29, 0.717) is 35.3 Å². The average Bonchev–Trinajstić information content (AvgIpc) is 2.96. The second kappa shape index (κ2) is 14.9. The Labute approximate surface area is 233 Å². The SMILES string of the molecule is CCCCOc1ccc(C2CCC(/C=C/c3ccc(C4CCC(OCCCC)CC4)c(F)c3F)CC2)cc1F. The molecule has 0 saturated heterocycles. The van der Waals surface area contributed by atoms with Gasteiger partial charge in [0.15, 0.2) is 23.2 Å². The van der Waals surface area contributed by atoms with Crippen molar-refractivity contribution in [3.63, 3.8) is 0 Å². The summed E-state index contributed by atoms with van der Waals surface area (Å²) in [5, 5.41) is 0. The van der Waals surface area contributed by atoms with Gasteiger partial charge in [-0.15, -0.1) is 0 Å². The molecule has 0 amide bonds. The zero-order valence-electron chi connectivity index (χ0n) is 23.7. The van der Waals surface area contributed by atoms with Gasteiger partial charge >= 0.3 is 0 Å². The highest BCUT2D eigenvalue weighted by Gasteiger charge is 2.27. The molecule has 0 atom stereocenters. The van der Waals surface area contributed by atoms with Gasteiger partial charge in [0.05, 0.1) is 12.7 Å². The summed E-state index contributed by atoms with van der Waals surface area (Å²) in [6.45, 7) is 5.55. The summed E-state index contributed by atoms with van der Waals surface area (Å²) < 4.78 is 56.0. The van der Waals surface area contributed by atoms with Crippen LogP contribution in [0.25, 0.3) is 6.08 Å². The topological polar surface area (TPSA) is 18.5 Å². The minimum atomic E-state index is -0.740. The first-order valence-electron chi connectivity index (χ1n) is 15.2. The van der Waals surface area contributed by atoms with Crippen molar-refractivity contribution in [2.45, 2.75) is 109 Å². The average molecular weight is 543 g/mol. The van der Waals surface area contributed by atoms with E-state index in [2.05, 4.69) is 13.8 Å². The predicted molar refractivity (Wildman–Crippen MR) is 153 cm³/mol. The van der Waals surface area contributed by atoms with E-state index in [1.165, 1.54) is 0 Å². The fourth-order valence-electron chi connectivity index (χ4n) is 6.06. The highest BCUT2D eigenvalue weighted by Crippen LogP contribution is 2.39. The third kappa shape index (κ3) is 8.13. The molecule has 0 spiro atoms. The van der Waals surface area contributed by atoms with E-state index in [9.17, 15) is 4.39 Å². The van der Waals surface area contributed by atoms with E-state index in [4.69, 9.17) is 9.47 Å². The standard InChI is InChI=1S/C34H45F3O2/c1-3-5-21-38-29-17-13-26(14-18-29)30-19-15-27(33(36)34(30)37)12-9-24-7-10-25(11-8-24)28-16-20-32(31(35)23-28)39-22-6-4-2/h9,12,15-16,19-20,23-26,29H,3-8,10-11,13-14,17-18,21-22H2,1-2H3/b12-9+. The Bertz CT molecular complexity index is 1070. The lowest BCUT2D eigenvalue weighted by atomic mass is 9.78. The van der Waals surface area contributed by atoms with Crippen molar-refractivity contribution < 1.29 is 22.6 Å². The molecule has 39 heavy (non-hydrogen) atoms. The van der Waals surface area contributed by atoms with E-state index >= 15 is 8.78 Å². The lowest BCUT2D eigenvalue weighted by molar-refractivity contribution is 0.0230. The molecule has 2 nitrogen and oxygen atoms in total. The van der Waals surface area contributed by atoms with E-state index < -0.39 is 11.6 Å². The van der Waals surface area contributed by atoms with Gasteiger partial charge in [-0.3, -0.25) is 0 Å². The summed E-state index contributed by atoms with van der Waals surface area (Å²) in [4.78, 5) is 0. The third-order valence-electron chi connectivity index (χ3n) is 8.61. The van der Waals surface area contributed by atoms with Crippen molar-refractivity contribution in [1.82, 2.24) is 0 Å². The number of rotatable bonds is 12. The molecule has 0 aromatic heterocycles. The van der Waals surface area contributed by atoms with Crippen LogP contribution < -0.4 is 4.74 Å². The summed E-state index contributed by atoms with van der Waals surface area (Å²) in [6, 6.07) is 8.86. The number of benzene rings is 2. The van der Waals surface area contributed by atoms with Gasteiger partial charge in [-0.25, -0.2) is 13.2 Å². The van der Waals surface area contributed by atoms with E-state index in [1.807, 2.05) is 12.1 Å². The highest BCUT2D eigenvalue weighted by molar-refractivity contribution is 5.52. The molecule has 2 fully saturated rings. The van der Waals surface area contributed by atoms with Crippen LogP contribution in [0, 0.1) is 23.4 Å². The van der Waals surface area contributed by atoms with Crippen molar-refractivity contribution in [1.29, 1.82) is 0 Å². The molecule has 2 saturated carbocycles.